The van der Waals surface area contributed by atoms with Crippen LogP contribution in [0.4, 0.5) is 24.7 Å². The lowest BCUT2D eigenvalue weighted by atomic mass is 9.75. The summed E-state index contributed by atoms with van der Waals surface area (Å²) in [4.78, 5) is 51.6. The Balaban J connectivity index is 1.64. The van der Waals surface area contributed by atoms with Crippen LogP contribution < -0.4 is 15.5 Å². The van der Waals surface area contributed by atoms with Crippen LogP contribution in [0.2, 0.25) is 5.02 Å². The summed E-state index contributed by atoms with van der Waals surface area (Å²) in [6.45, 7) is 0. The van der Waals surface area contributed by atoms with Gasteiger partial charge in [-0.2, -0.15) is 0 Å². The van der Waals surface area contributed by atoms with E-state index in [1.807, 2.05) is 0 Å². The molecule has 2 atom stereocenters. The van der Waals surface area contributed by atoms with Crippen molar-refractivity contribution in [1.29, 1.82) is 0 Å². The van der Waals surface area contributed by atoms with Crippen LogP contribution in [0.3, 0.4) is 0 Å². The Morgan fingerprint density at radius 3 is 2.49 bits per heavy atom. The molecule has 1 saturated heterocycles. The molecule has 1 aromatic heterocycles. The second-order valence-corrected chi connectivity index (χ2v) is 10.7. The summed E-state index contributed by atoms with van der Waals surface area (Å²) in [5.41, 5.74) is -1.56. The Labute approximate surface area is 239 Å². The molecule has 1 unspecified atom stereocenters. The van der Waals surface area contributed by atoms with E-state index < -0.39 is 47.0 Å². The molecule has 8 nitrogen and oxygen atoms in total. The van der Waals surface area contributed by atoms with E-state index in [0.717, 1.165) is 11.0 Å². The van der Waals surface area contributed by atoms with Crippen LogP contribution in [0.25, 0.3) is 0 Å². The highest BCUT2D eigenvalue weighted by molar-refractivity contribution is 6.32. The fourth-order valence-corrected chi connectivity index (χ4v) is 5.95. The van der Waals surface area contributed by atoms with E-state index in [4.69, 9.17) is 11.6 Å². The molecule has 3 aromatic rings. The van der Waals surface area contributed by atoms with Gasteiger partial charge in [0.1, 0.15) is 11.4 Å². The van der Waals surface area contributed by atoms with Crippen LogP contribution in [-0.2, 0) is 14.4 Å². The molecule has 2 aromatic carbocycles. The van der Waals surface area contributed by atoms with Crippen molar-refractivity contribution in [2.75, 3.05) is 10.2 Å². The fraction of sp³-hybridized carbons (Fsp3) is 0.345. The second-order valence-electron chi connectivity index (χ2n) is 10.3. The van der Waals surface area contributed by atoms with Gasteiger partial charge in [-0.25, -0.2) is 18.2 Å². The second kappa shape index (κ2) is 11.5. The number of nitrogens with zero attached hydrogens (tertiary/aromatic N) is 3. The Kier molecular flexibility index (Phi) is 7.99. The summed E-state index contributed by atoms with van der Waals surface area (Å²) < 4.78 is 41.8. The minimum atomic E-state index is -2.81. The first-order valence-corrected chi connectivity index (χ1v) is 13.6. The SMILES string of the molecule is O=C(NC1CCC(F)(F)CC1)[C@@H](c1ccccc1Cl)C1(C(=O)Nc2cccc(F)c2)CCC(=O)N1c1cnccn1. The zero-order chi connectivity index (χ0) is 29.2. The quantitative estimate of drug-likeness (QED) is 0.394. The monoisotopic (exact) mass is 585 g/mol. The molecule has 2 aliphatic rings. The van der Waals surface area contributed by atoms with Crippen LogP contribution in [-0.4, -0.2) is 45.2 Å². The maximum absolute atomic E-state index is 14.4. The molecule has 1 saturated carbocycles. The van der Waals surface area contributed by atoms with E-state index in [1.165, 1.54) is 36.8 Å². The number of rotatable bonds is 7. The molecule has 2 fully saturated rings. The maximum Gasteiger partial charge on any atom is 0.251 e. The third kappa shape index (κ3) is 5.76. The summed E-state index contributed by atoms with van der Waals surface area (Å²) >= 11 is 6.61. The van der Waals surface area contributed by atoms with Gasteiger partial charge in [-0.3, -0.25) is 24.3 Å². The molecular weight excluding hydrogens is 559 g/mol. The van der Waals surface area contributed by atoms with Gasteiger partial charge >= 0.3 is 0 Å². The van der Waals surface area contributed by atoms with Gasteiger partial charge in [0.25, 0.3) is 5.91 Å². The average Bonchev–Trinajstić information content (AvgIpc) is 3.29. The smallest absolute Gasteiger partial charge is 0.251 e. The van der Waals surface area contributed by atoms with Gasteiger partial charge in [-0.15, -0.1) is 0 Å². The summed E-state index contributed by atoms with van der Waals surface area (Å²) in [6.07, 6.45) is 3.14. The molecule has 1 aliphatic heterocycles. The van der Waals surface area contributed by atoms with Gasteiger partial charge in [0.2, 0.25) is 17.7 Å². The lowest BCUT2D eigenvalue weighted by Crippen LogP contribution is -2.62. The average molecular weight is 586 g/mol. The molecule has 5 rings (SSSR count). The van der Waals surface area contributed by atoms with E-state index >= 15 is 0 Å². The normalized spacial score (nSPS) is 21.4. The summed E-state index contributed by atoms with van der Waals surface area (Å²) in [7, 11) is 0. The molecule has 2 N–H and O–H groups in total. The molecule has 0 bridgehead atoms. The topological polar surface area (TPSA) is 104 Å². The zero-order valence-electron chi connectivity index (χ0n) is 21.8. The molecule has 12 heteroatoms. The summed E-state index contributed by atoms with van der Waals surface area (Å²) in [5.74, 6) is -6.68. The van der Waals surface area contributed by atoms with Gasteiger partial charge < -0.3 is 10.6 Å². The molecule has 214 valence electrons. The Bertz CT molecular complexity index is 1450. The van der Waals surface area contributed by atoms with Crippen molar-refractivity contribution in [2.24, 2.45) is 0 Å². The minimum absolute atomic E-state index is 0.0338. The van der Waals surface area contributed by atoms with Crippen molar-refractivity contribution in [3.8, 4) is 0 Å². The predicted molar refractivity (Wildman–Crippen MR) is 146 cm³/mol. The molecule has 0 radical (unpaired) electrons. The van der Waals surface area contributed by atoms with Crippen molar-refractivity contribution < 1.29 is 27.6 Å². The molecule has 41 heavy (non-hydrogen) atoms. The van der Waals surface area contributed by atoms with E-state index in [1.54, 1.807) is 24.3 Å². The van der Waals surface area contributed by atoms with Gasteiger partial charge in [0.05, 0.1) is 12.1 Å². The molecule has 3 amide bonds. The molecule has 2 heterocycles. The zero-order valence-corrected chi connectivity index (χ0v) is 22.6. The number of benzene rings is 2. The first kappa shape index (κ1) is 28.5. The van der Waals surface area contributed by atoms with Crippen LogP contribution in [0, 0.1) is 5.82 Å². The van der Waals surface area contributed by atoms with E-state index in [-0.39, 0.29) is 60.6 Å². The van der Waals surface area contributed by atoms with Crippen LogP contribution in [0.1, 0.15) is 50.0 Å². The van der Waals surface area contributed by atoms with Crippen molar-refractivity contribution in [3.05, 3.63) is 83.5 Å². The number of hydrogen-bond acceptors (Lipinski definition) is 5. The lowest BCUT2D eigenvalue weighted by molar-refractivity contribution is -0.132. The number of amides is 3. The first-order chi connectivity index (χ1) is 19.6. The van der Waals surface area contributed by atoms with Crippen molar-refractivity contribution in [1.82, 2.24) is 15.3 Å². The summed E-state index contributed by atoms with van der Waals surface area (Å²) in [5, 5.41) is 5.70. The van der Waals surface area contributed by atoms with Gasteiger partial charge in [0.15, 0.2) is 5.82 Å². The van der Waals surface area contributed by atoms with Crippen LogP contribution in [0.15, 0.2) is 67.1 Å². The Morgan fingerprint density at radius 2 is 1.80 bits per heavy atom. The number of carbonyl (C=O) groups excluding carboxylic acids is 3. The van der Waals surface area contributed by atoms with E-state index in [0.29, 0.717) is 0 Å². The lowest BCUT2D eigenvalue weighted by Gasteiger charge is -2.42. The Morgan fingerprint density at radius 1 is 1.05 bits per heavy atom. The Hall–Kier alpha value is -3.99. The maximum atomic E-state index is 14.4. The van der Waals surface area contributed by atoms with Crippen molar-refractivity contribution in [2.45, 2.75) is 61.9 Å². The van der Waals surface area contributed by atoms with Crippen molar-refractivity contribution in [3.63, 3.8) is 0 Å². The summed E-state index contributed by atoms with van der Waals surface area (Å²) in [6, 6.07) is 11.1. The number of aromatic nitrogens is 2. The number of nitrogens with one attached hydrogen (secondary N) is 2. The first-order valence-electron chi connectivity index (χ1n) is 13.2. The third-order valence-electron chi connectivity index (χ3n) is 7.64. The highest BCUT2D eigenvalue weighted by Crippen LogP contribution is 2.47. The van der Waals surface area contributed by atoms with Gasteiger partial charge in [-0.1, -0.05) is 35.9 Å². The van der Waals surface area contributed by atoms with Crippen LogP contribution in [0.5, 0.6) is 0 Å². The largest absolute Gasteiger partial charge is 0.353 e. The van der Waals surface area contributed by atoms with Crippen LogP contribution >= 0.6 is 11.6 Å². The molecular formula is C29H27ClF3N5O3. The highest BCUT2D eigenvalue weighted by Gasteiger charge is 2.60. The van der Waals surface area contributed by atoms with Gasteiger partial charge in [0, 0.05) is 48.4 Å². The predicted octanol–water partition coefficient (Wildman–Crippen LogP) is 5.25. The van der Waals surface area contributed by atoms with E-state index in [9.17, 15) is 27.6 Å². The number of alkyl halides is 2. The van der Waals surface area contributed by atoms with Gasteiger partial charge in [-0.05, 0) is 49.1 Å². The van der Waals surface area contributed by atoms with E-state index in [2.05, 4.69) is 20.6 Å². The standard InChI is InChI=1S/C29H27ClF3N5O3/c30-22-7-2-1-6-21(22)25(26(40)36-19-8-11-28(32,33)12-9-19)29(27(41)37-20-5-3-4-18(31)16-20)13-10-24(39)38(29)23-17-34-14-15-35-23/h1-7,14-17,19,25H,8-13H2,(H,36,40)(H,37,41)/t25-,29?/m1/s1. The number of halogens is 4. The number of carbonyl (C=O) groups is 3. The minimum Gasteiger partial charge on any atom is -0.353 e. The molecule has 1 aliphatic carbocycles. The number of hydrogen-bond donors (Lipinski definition) is 2. The number of anilines is 2. The highest BCUT2D eigenvalue weighted by atomic mass is 35.5. The molecule has 0 spiro atoms. The van der Waals surface area contributed by atoms with Crippen molar-refractivity contribution >= 4 is 40.8 Å². The fourth-order valence-electron chi connectivity index (χ4n) is 5.70. The third-order valence-corrected chi connectivity index (χ3v) is 7.99.